The Hall–Kier alpha value is -3.55. The van der Waals surface area contributed by atoms with Crippen molar-refractivity contribution in [2.45, 2.75) is 32.9 Å². The molecule has 0 spiro atoms. The Morgan fingerprint density at radius 3 is 2.87 bits per heavy atom. The lowest BCUT2D eigenvalue weighted by atomic mass is 10.1. The maximum atomic E-state index is 12.9. The summed E-state index contributed by atoms with van der Waals surface area (Å²) in [5, 5.41) is 5.37. The van der Waals surface area contributed by atoms with E-state index in [0.717, 1.165) is 22.6 Å². The second-order valence-electron chi connectivity index (χ2n) is 7.31. The average Bonchev–Trinajstić information content (AvgIpc) is 3.24. The lowest BCUT2D eigenvalue weighted by Crippen LogP contribution is -2.30. The molecule has 2 aliphatic heterocycles. The van der Waals surface area contributed by atoms with Crippen LogP contribution in [-0.4, -0.2) is 42.0 Å². The summed E-state index contributed by atoms with van der Waals surface area (Å²) in [6, 6.07) is 10.1. The highest BCUT2D eigenvalue weighted by Crippen LogP contribution is 2.38. The number of fused-ring (bicyclic) bond motifs is 1. The molecule has 2 aromatic carbocycles. The van der Waals surface area contributed by atoms with Gasteiger partial charge in [0.05, 0.1) is 25.4 Å². The predicted molar refractivity (Wildman–Crippen MR) is 110 cm³/mol. The van der Waals surface area contributed by atoms with E-state index in [1.807, 2.05) is 19.9 Å². The number of hydrogen-bond donors (Lipinski definition) is 2. The van der Waals surface area contributed by atoms with Crippen LogP contribution in [0.1, 0.15) is 35.3 Å². The van der Waals surface area contributed by atoms with Crippen molar-refractivity contribution in [3.05, 3.63) is 53.1 Å². The van der Waals surface area contributed by atoms with Crippen LogP contribution in [0.25, 0.3) is 0 Å². The smallest absolute Gasteiger partial charge is 0.324 e. The molecule has 4 rings (SSSR count). The van der Waals surface area contributed by atoms with Crippen molar-refractivity contribution < 1.29 is 23.9 Å². The van der Waals surface area contributed by atoms with Crippen LogP contribution < -0.4 is 20.1 Å². The SMILES string of the molecule is CCOc1cc2c(cc1NC(=O)c1cccc(CN3C(=O)CNC3=O)c1)OC(C)C2. The highest BCUT2D eigenvalue weighted by atomic mass is 16.5. The topological polar surface area (TPSA) is 97.0 Å². The maximum Gasteiger partial charge on any atom is 0.324 e. The van der Waals surface area contributed by atoms with Crippen molar-refractivity contribution in [3.63, 3.8) is 0 Å². The molecule has 156 valence electrons. The number of nitrogens with one attached hydrogen (secondary N) is 2. The summed E-state index contributed by atoms with van der Waals surface area (Å²) in [6.45, 7) is 4.46. The van der Waals surface area contributed by atoms with Crippen LogP contribution in [0, 0.1) is 0 Å². The van der Waals surface area contributed by atoms with Gasteiger partial charge in [0.25, 0.3) is 5.91 Å². The van der Waals surface area contributed by atoms with Crippen molar-refractivity contribution in [1.82, 2.24) is 10.2 Å². The first kappa shape index (κ1) is 19.8. The van der Waals surface area contributed by atoms with Crippen molar-refractivity contribution in [1.29, 1.82) is 0 Å². The number of urea groups is 1. The van der Waals surface area contributed by atoms with Crippen molar-refractivity contribution in [2.75, 3.05) is 18.5 Å². The van der Waals surface area contributed by atoms with E-state index < -0.39 is 6.03 Å². The molecular weight excluding hydrogens is 386 g/mol. The molecule has 1 unspecified atom stereocenters. The first-order valence-electron chi connectivity index (χ1n) is 9.89. The zero-order chi connectivity index (χ0) is 21.3. The standard InChI is InChI=1S/C22H23N3O5/c1-3-29-19-9-16-7-13(2)30-18(16)10-17(19)24-21(27)15-6-4-5-14(8-15)12-25-20(26)11-23-22(25)28/h4-6,8-10,13H,3,7,11-12H2,1-2H3,(H,23,28)(H,24,27). The molecule has 8 nitrogen and oxygen atoms in total. The second kappa shape index (κ2) is 8.06. The molecule has 2 N–H and O–H groups in total. The maximum absolute atomic E-state index is 12.9. The monoisotopic (exact) mass is 409 g/mol. The molecule has 0 bridgehead atoms. The van der Waals surface area contributed by atoms with Crippen LogP contribution in [0.3, 0.4) is 0 Å². The molecule has 0 aromatic heterocycles. The van der Waals surface area contributed by atoms with E-state index in [1.54, 1.807) is 30.3 Å². The van der Waals surface area contributed by atoms with Crippen LogP contribution in [-0.2, 0) is 17.8 Å². The normalized spacial score (nSPS) is 17.4. The molecule has 8 heteroatoms. The van der Waals surface area contributed by atoms with Crippen LogP contribution in [0.5, 0.6) is 11.5 Å². The van der Waals surface area contributed by atoms with Gasteiger partial charge >= 0.3 is 6.03 Å². The van der Waals surface area contributed by atoms with Crippen molar-refractivity contribution in [3.8, 4) is 11.5 Å². The number of hydrogen-bond acceptors (Lipinski definition) is 5. The quantitative estimate of drug-likeness (QED) is 0.715. The molecule has 2 heterocycles. The zero-order valence-corrected chi connectivity index (χ0v) is 16.9. The van der Waals surface area contributed by atoms with Gasteiger partial charge in [0, 0.05) is 23.6 Å². The van der Waals surface area contributed by atoms with Crippen LogP contribution in [0.2, 0.25) is 0 Å². The van der Waals surface area contributed by atoms with Gasteiger partial charge in [0.2, 0.25) is 5.91 Å². The Kier molecular flexibility index (Phi) is 5.31. The van der Waals surface area contributed by atoms with E-state index in [-0.39, 0.29) is 31.0 Å². The van der Waals surface area contributed by atoms with E-state index in [4.69, 9.17) is 9.47 Å². The minimum absolute atomic E-state index is 0.00175. The molecule has 0 saturated carbocycles. The number of carbonyl (C=O) groups excluding carboxylic acids is 3. The largest absolute Gasteiger partial charge is 0.492 e. The minimum atomic E-state index is -0.427. The minimum Gasteiger partial charge on any atom is -0.492 e. The Morgan fingerprint density at radius 1 is 1.30 bits per heavy atom. The molecule has 2 aromatic rings. The molecule has 1 saturated heterocycles. The van der Waals surface area contributed by atoms with E-state index in [9.17, 15) is 14.4 Å². The lowest BCUT2D eigenvalue weighted by Gasteiger charge is -2.15. The van der Waals surface area contributed by atoms with Gasteiger partial charge in [0.1, 0.15) is 17.6 Å². The number of rotatable bonds is 6. The van der Waals surface area contributed by atoms with Crippen LogP contribution in [0.4, 0.5) is 10.5 Å². The number of imide groups is 1. The van der Waals surface area contributed by atoms with Gasteiger partial charge in [-0.25, -0.2) is 4.79 Å². The van der Waals surface area contributed by atoms with E-state index in [2.05, 4.69) is 10.6 Å². The Morgan fingerprint density at radius 2 is 2.13 bits per heavy atom. The fraction of sp³-hybridized carbons (Fsp3) is 0.318. The van der Waals surface area contributed by atoms with Crippen molar-refractivity contribution >= 4 is 23.5 Å². The second-order valence-corrected chi connectivity index (χ2v) is 7.31. The van der Waals surface area contributed by atoms with Gasteiger partial charge in [0.15, 0.2) is 0 Å². The number of ether oxygens (including phenoxy) is 2. The number of anilines is 1. The molecule has 2 aliphatic rings. The van der Waals surface area contributed by atoms with Crippen LogP contribution in [0.15, 0.2) is 36.4 Å². The Balaban J connectivity index is 1.54. The third-order valence-corrected chi connectivity index (χ3v) is 5.01. The first-order chi connectivity index (χ1) is 14.4. The summed E-state index contributed by atoms with van der Waals surface area (Å²) >= 11 is 0. The third-order valence-electron chi connectivity index (χ3n) is 5.01. The Labute approximate surface area is 174 Å². The predicted octanol–water partition coefficient (Wildman–Crippen LogP) is 2.71. The highest BCUT2D eigenvalue weighted by Gasteiger charge is 2.28. The Bertz CT molecular complexity index is 1000. The van der Waals surface area contributed by atoms with E-state index >= 15 is 0 Å². The van der Waals surface area contributed by atoms with E-state index in [0.29, 0.717) is 29.2 Å². The summed E-state index contributed by atoms with van der Waals surface area (Å²) in [7, 11) is 0. The summed E-state index contributed by atoms with van der Waals surface area (Å²) < 4.78 is 11.5. The fourth-order valence-corrected chi connectivity index (χ4v) is 3.62. The molecule has 4 amide bonds. The van der Waals surface area contributed by atoms with Crippen molar-refractivity contribution in [2.24, 2.45) is 0 Å². The fourth-order valence-electron chi connectivity index (χ4n) is 3.62. The van der Waals surface area contributed by atoms with Gasteiger partial charge in [-0.1, -0.05) is 12.1 Å². The van der Waals surface area contributed by atoms with Gasteiger partial charge in [-0.05, 0) is 37.6 Å². The average molecular weight is 409 g/mol. The van der Waals surface area contributed by atoms with Gasteiger partial charge in [-0.2, -0.15) is 0 Å². The molecule has 1 atom stereocenters. The molecule has 30 heavy (non-hydrogen) atoms. The number of carbonyl (C=O) groups is 3. The number of amides is 4. The molecule has 1 fully saturated rings. The number of nitrogens with zero attached hydrogens (tertiary/aromatic N) is 1. The first-order valence-corrected chi connectivity index (χ1v) is 9.89. The summed E-state index contributed by atoms with van der Waals surface area (Å²) in [5.41, 5.74) is 2.69. The molecular formula is C22H23N3O5. The molecule has 0 aliphatic carbocycles. The summed E-state index contributed by atoms with van der Waals surface area (Å²) in [4.78, 5) is 37.6. The van der Waals surface area contributed by atoms with Gasteiger partial charge < -0.3 is 20.1 Å². The molecule has 0 radical (unpaired) electrons. The lowest BCUT2D eigenvalue weighted by molar-refractivity contribution is -0.125. The van der Waals surface area contributed by atoms with Gasteiger partial charge in [-0.15, -0.1) is 0 Å². The third kappa shape index (κ3) is 3.94. The van der Waals surface area contributed by atoms with Gasteiger partial charge in [-0.3, -0.25) is 14.5 Å². The zero-order valence-electron chi connectivity index (χ0n) is 16.9. The summed E-state index contributed by atoms with van der Waals surface area (Å²) in [5.74, 6) is 0.732. The number of benzene rings is 2. The van der Waals surface area contributed by atoms with E-state index in [1.165, 1.54) is 0 Å². The van der Waals surface area contributed by atoms with Crippen LogP contribution >= 0.6 is 0 Å². The highest BCUT2D eigenvalue weighted by molar-refractivity contribution is 6.05. The summed E-state index contributed by atoms with van der Waals surface area (Å²) in [6.07, 6.45) is 0.886.